The van der Waals surface area contributed by atoms with Crippen molar-refractivity contribution in [2.45, 2.75) is 45.6 Å². The van der Waals surface area contributed by atoms with Crippen LogP contribution in [0.25, 0.3) is 16.6 Å². The van der Waals surface area contributed by atoms with Gasteiger partial charge < -0.3 is 4.90 Å². The van der Waals surface area contributed by atoms with Gasteiger partial charge in [-0.3, -0.25) is 24.3 Å². The summed E-state index contributed by atoms with van der Waals surface area (Å²) in [6.07, 6.45) is 3.71. The van der Waals surface area contributed by atoms with Crippen LogP contribution in [0.4, 0.5) is 10.1 Å². The van der Waals surface area contributed by atoms with Gasteiger partial charge in [0.15, 0.2) is 0 Å². The molecule has 38 heavy (non-hydrogen) atoms. The topological polar surface area (TPSA) is 98.3 Å². The van der Waals surface area contributed by atoms with Crippen LogP contribution >= 0.6 is 0 Å². The predicted octanol–water partition coefficient (Wildman–Crippen LogP) is 6.22. The van der Waals surface area contributed by atoms with E-state index in [4.69, 9.17) is 4.98 Å². The number of carbonyl (C=O) groups excluding carboxylic acids is 1. The number of non-ortho nitro benzene ring substituents is 1. The van der Waals surface area contributed by atoms with Gasteiger partial charge in [0, 0.05) is 24.2 Å². The van der Waals surface area contributed by atoms with Gasteiger partial charge in [-0.05, 0) is 61.9 Å². The lowest BCUT2D eigenvalue weighted by Gasteiger charge is -2.31. The van der Waals surface area contributed by atoms with Crippen molar-refractivity contribution in [3.05, 3.63) is 110 Å². The van der Waals surface area contributed by atoms with E-state index in [1.54, 1.807) is 36.1 Å². The van der Waals surface area contributed by atoms with E-state index in [2.05, 4.69) is 6.92 Å². The van der Waals surface area contributed by atoms with Gasteiger partial charge in [-0.2, -0.15) is 0 Å². The van der Waals surface area contributed by atoms with Crippen molar-refractivity contribution in [3.8, 4) is 5.69 Å². The molecule has 9 heteroatoms. The summed E-state index contributed by atoms with van der Waals surface area (Å²) in [6.45, 7) is 4.31. The number of amides is 1. The van der Waals surface area contributed by atoms with E-state index in [-0.39, 0.29) is 17.2 Å². The number of nitro groups is 1. The van der Waals surface area contributed by atoms with Crippen LogP contribution < -0.4 is 5.56 Å². The van der Waals surface area contributed by atoms with Crippen LogP contribution in [0.15, 0.2) is 77.6 Å². The lowest BCUT2D eigenvalue weighted by atomic mass is 10.1. The maximum absolute atomic E-state index is 13.7. The number of halogens is 1. The number of fused-ring (bicyclic) bond motifs is 1. The SMILES string of the molecule is CCCCCCN(C(=O)c1ccc([N+](=O)[O-])cc1)C(C)c1nc2ccccc2c(=O)n1-c1ccc(F)cc1. The maximum Gasteiger partial charge on any atom is 0.269 e. The second kappa shape index (κ2) is 11.8. The summed E-state index contributed by atoms with van der Waals surface area (Å²) in [5, 5.41) is 11.5. The number of benzene rings is 3. The zero-order chi connectivity index (χ0) is 27.2. The highest BCUT2D eigenvalue weighted by molar-refractivity contribution is 5.94. The molecule has 0 aliphatic carbocycles. The van der Waals surface area contributed by atoms with E-state index in [0.717, 1.165) is 25.7 Å². The number of unbranched alkanes of at least 4 members (excludes halogenated alkanes) is 3. The quantitative estimate of drug-likeness (QED) is 0.142. The number of para-hydroxylation sites is 1. The van der Waals surface area contributed by atoms with Gasteiger partial charge in [-0.25, -0.2) is 9.37 Å². The Morgan fingerprint density at radius 2 is 1.71 bits per heavy atom. The Hall–Kier alpha value is -4.40. The molecule has 3 aromatic carbocycles. The second-order valence-electron chi connectivity index (χ2n) is 9.14. The number of aromatic nitrogens is 2. The fourth-order valence-corrected chi connectivity index (χ4v) is 4.48. The number of nitro benzene ring substituents is 1. The average Bonchev–Trinajstić information content (AvgIpc) is 2.93. The van der Waals surface area contributed by atoms with E-state index in [9.17, 15) is 24.1 Å². The van der Waals surface area contributed by atoms with Gasteiger partial charge in [0.05, 0.1) is 27.6 Å². The fourth-order valence-electron chi connectivity index (χ4n) is 4.48. The number of carbonyl (C=O) groups is 1. The van der Waals surface area contributed by atoms with Gasteiger partial charge in [-0.1, -0.05) is 38.3 Å². The lowest BCUT2D eigenvalue weighted by molar-refractivity contribution is -0.384. The van der Waals surface area contributed by atoms with Crippen LogP contribution in [0, 0.1) is 15.9 Å². The minimum Gasteiger partial charge on any atom is -0.329 e. The van der Waals surface area contributed by atoms with Crippen LogP contribution in [0.3, 0.4) is 0 Å². The molecule has 0 bridgehead atoms. The van der Waals surface area contributed by atoms with Crippen molar-refractivity contribution >= 4 is 22.5 Å². The fraction of sp³-hybridized carbons (Fsp3) is 0.276. The first-order valence-electron chi connectivity index (χ1n) is 12.6. The highest BCUT2D eigenvalue weighted by atomic mass is 19.1. The van der Waals surface area contributed by atoms with Crippen molar-refractivity contribution in [1.82, 2.24) is 14.5 Å². The second-order valence-corrected chi connectivity index (χ2v) is 9.14. The van der Waals surface area contributed by atoms with Crippen molar-refractivity contribution in [1.29, 1.82) is 0 Å². The molecule has 8 nitrogen and oxygen atoms in total. The zero-order valence-corrected chi connectivity index (χ0v) is 21.3. The zero-order valence-electron chi connectivity index (χ0n) is 21.3. The van der Waals surface area contributed by atoms with E-state index in [1.807, 2.05) is 0 Å². The minimum absolute atomic E-state index is 0.106. The summed E-state index contributed by atoms with van der Waals surface area (Å²) in [7, 11) is 0. The highest BCUT2D eigenvalue weighted by Crippen LogP contribution is 2.26. The molecule has 0 spiro atoms. The van der Waals surface area contributed by atoms with Crippen molar-refractivity contribution in [2.24, 2.45) is 0 Å². The van der Waals surface area contributed by atoms with Gasteiger partial charge in [-0.15, -0.1) is 0 Å². The Bertz CT molecular complexity index is 1500. The summed E-state index contributed by atoms with van der Waals surface area (Å²) >= 11 is 0. The first kappa shape index (κ1) is 26.7. The molecule has 4 aromatic rings. The van der Waals surface area contributed by atoms with Crippen molar-refractivity contribution in [2.75, 3.05) is 6.54 Å². The van der Waals surface area contributed by atoms with Crippen LogP contribution in [0.5, 0.6) is 0 Å². The van der Waals surface area contributed by atoms with Gasteiger partial charge >= 0.3 is 0 Å². The molecule has 0 N–H and O–H groups in total. The molecule has 1 aromatic heterocycles. The largest absolute Gasteiger partial charge is 0.329 e. The molecule has 196 valence electrons. The number of hydrogen-bond acceptors (Lipinski definition) is 5. The standard InChI is InChI=1S/C29H29FN4O4/c1-3-4-5-8-19-32(28(35)21-11-15-24(16-12-21)34(37)38)20(2)27-31-26-10-7-6-9-25(26)29(36)33(27)23-17-13-22(30)14-18-23/h6-7,9-18,20H,3-5,8,19H2,1-2H3. The Morgan fingerprint density at radius 1 is 1.03 bits per heavy atom. The van der Waals surface area contributed by atoms with Crippen LogP contribution in [-0.4, -0.2) is 31.8 Å². The van der Waals surface area contributed by atoms with E-state index in [1.165, 1.54) is 53.1 Å². The molecule has 0 fully saturated rings. The Labute approximate surface area is 219 Å². The lowest BCUT2D eigenvalue weighted by Crippen LogP contribution is -2.38. The van der Waals surface area contributed by atoms with Crippen LogP contribution in [-0.2, 0) is 0 Å². The van der Waals surface area contributed by atoms with E-state index < -0.39 is 16.8 Å². The smallest absolute Gasteiger partial charge is 0.269 e. The maximum atomic E-state index is 13.7. The minimum atomic E-state index is -0.637. The predicted molar refractivity (Wildman–Crippen MR) is 144 cm³/mol. The molecule has 1 amide bonds. The third-order valence-corrected chi connectivity index (χ3v) is 6.57. The normalized spacial score (nSPS) is 11.9. The summed E-state index contributed by atoms with van der Waals surface area (Å²) in [6, 6.07) is 17.4. The molecule has 1 unspecified atom stereocenters. The average molecular weight is 517 g/mol. The molecule has 0 aliphatic rings. The molecule has 1 atom stereocenters. The third-order valence-electron chi connectivity index (χ3n) is 6.57. The van der Waals surface area contributed by atoms with Crippen LogP contribution in [0.1, 0.15) is 61.8 Å². The third kappa shape index (κ3) is 5.61. The molecule has 0 radical (unpaired) electrons. The molecule has 1 heterocycles. The molecular weight excluding hydrogens is 487 g/mol. The summed E-state index contributed by atoms with van der Waals surface area (Å²) < 4.78 is 15.1. The Morgan fingerprint density at radius 3 is 2.37 bits per heavy atom. The van der Waals surface area contributed by atoms with E-state index in [0.29, 0.717) is 34.5 Å². The first-order chi connectivity index (χ1) is 18.3. The summed E-state index contributed by atoms with van der Waals surface area (Å²) in [5.41, 5.74) is 0.800. The molecular formula is C29H29FN4O4. The number of rotatable bonds is 10. The first-order valence-corrected chi connectivity index (χ1v) is 12.6. The molecule has 0 saturated carbocycles. The Kier molecular flexibility index (Phi) is 8.25. The van der Waals surface area contributed by atoms with Gasteiger partial charge in [0.25, 0.3) is 17.2 Å². The summed E-state index contributed by atoms with van der Waals surface area (Å²) in [4.78, 5) is 44.4. The van der Waals surface area contributed by atoms with E-state index >= 15 is 0 Å². The molecule has 0 aliphatic heterocycles. The van der Waals surface area contributed by atoms with Crippen LogP contribution in [0.2, 0.25) is 0 Å². The monoisotopic (exact) mass is 516 g/mol. The van der Waals surface area contributed by atoms with Gasteiger partial charge in [0.1, 0.15) is 11.6 Å². The number of hydrogen-bond donors (Lipinski definition) is 0. The van der Waals surface area contributed by atoms with Crippen molar-refractivity contribution < 1.29 is 14.1 Å². The molecule has 4 rings (SSSR count). The number of nitrogens with zero attached hydrogens (tertiary/aromatic N) is 4. The Balaban J connectivity index is 1.83. The highest BCUT2D eigenvalue weighted by Gasteiger charge is 2.28. The van der Waals surface area contributed by atoms with Gasteiger partial charge in [0.2, 0.25) is 0 Å². The summed E-state index contributed by atoms with van der Waals surface area (Å²) in [5.74, 6) is -0.418. The van der Waals surface area contributed by atoms with Crippen molar-refractivity contribution in [3.63, 3.8) is 0 Å². The molecule has 0 saturated heterocycles.